The highest BCUT2D eigenvalue weighted by molar-refractivity contribution is 8.01. The van der Waals surface area contributed by atoms with Gasteiger partial charge in [0.1, 0.15) is 0 Å². The molecule has 0 unspecified atom stereocenters. The van der Waals surface area contributed by atoms with Crippen LogP contribution in [0.2, 0.25) is 0 Å². The van der Waals surface area contributed by atoms with Crippen LogP contribution in [-0.2, 0) is 10.2 Å². The van der Waals surface area contributed by atoms with Crippen molar-refractivity contribution in [1.29, 1.82) is 0 Å². The Balaban J connectivity index is 2.50. The van der Waals surface area contributed by atoms with E-state index in [2.05, 4.69) is 36.5 Å². The molecular weight excluding hydrogens is 240 g/mol. The van der Waals surface area contributed by atoms with Crippen LogP contribution in [0.5, 0.6) is 0 Å². The third-order valence-corrected chi connectivity index (χ3v) is 3.97. The summed E-state index contributed by atoms with van der Waals surface area (Å²) in [5.41, 5.74) is 1.18. The van der Waals surface area contributed by atoms with Gasteiger partial charge in [0.15, 0.2) is 4.34 Å². The van der Waals surface area contributed by atoms with Crippen LogP contribution < -0.4 is 5.32 Å². The van der Waals surface area contributed by atoms with E-state index in [1.807, 2.05) is 6.92 Å². The van der Waals surface area contributed by atoms with Gasteiger partial charge in [0.25, 0.3) is 0 Å². The summed E-state index contributed by atoms with van der Waals surface area (Å²) >= 11 is 3.11. The minimum absolute atomic E-state index is 0.0695. The van der Waals surface area contributed by atoms with E-state index in [0.717, 1.165) is 10.0 Å². The van der Waals surface area contributed by atoms with Crippen molar-refractivity contribution in [3.8, 4) is 0 Å². The average molecular weight is 258 g/mol. The molecule has 90 valence electrons. The molecule has 0 fully saturated rings. The normalized spacial score (nSPS) is 11.5. The summed E-state index contributed by atoms with van der Waals surface area (Å²) in [4.78, 5) is 15.8. The Kier molecular flexibility index (Phi) is 4.80. The summed E-state index contributed by atoms with van der Waals surface area (Å²) in [6.45, 7) is 9.02. The monoisotopic (exact) mass is 258 g/mol. The molecule has 0 saturated carbocycles. The molecule has 3 nitrogen and oxygen atoms in total. The molecule has 1 N–H and O–H groups in total. The molecule has 1 rings (SSSR count). The van der Waals surface area contributed by atoms with E-state index >= 15 is 0 Å². The fourth-order valence-corrected chi connectivity index (χ4v) is 2.93. The summed E-state index contributed by atoms with van der Waals surface area (Å²) in [5, 5.41) is 4.84. The Hall–Kier alpha value is -0.550. The Morgan fingerprint density at radius 1 is 1.56 bits per heavy atom. The fourth-order valence-electron chi connectivity index (χ4n) is 1.04. The van der Waals surface area contributed by atoms with Crippen LogP contribution >= 0.6 is 23.1 Å². The fraction of sp³-hybridized carbons (Fsp3) is 0.636. The Labute approximate surface area is 105 Å². The number of nitrogens with zero attached hydrogens (tertiary/aromatic N) is 1. The first-order valence-electron chi connectivity index (χ1n) is 5.29. The zero-order valence-corrected chi connectivity index (χ0v) is 11.8. The van der Waals surface area contributed by atoms with Gasteiger partial charge in [-0.05, 0) is 6.92 Å². The molecule has 0 spiro atoms. The average Bonchev–Trinajstić information content (AvgIpc) is 2.63. The van der Waals surface area contributed by atoms with E-state index in [1.165, 1.54) is 11.8 Å². The molecule has 0 aliphatic heterocycles. The van der Waals surface area contributed by atoms with E-state index < -0.39 is 0 Å². The highest BCUT2D eigenvalue weighted by atomic mass is 32.2. The van der Waals surface area contributed by atoms with Crippen LogP contribution in [0.25, 0.3) is 0 Å². The van der Waals surface area contributed by atoms with Crippen molar-refractivity contribution in [2.24, 2.45) is 0 Å². The summed E-state index contributed by atoms with van der Waals surface area (Å²) in [7, 11) is 0. The molecular formula is C11H18N2OS2. The summed E-state index contributed by atoms with van der Waals surface area (Å²) in [6, 6.07) is 0. The molecule has 0 aliphatic rings. The molecule has 1 aromatic heterocycles. The number of thioether (sulfide) groups is 1. The second-order valence-corrected chi connectivity index (χ2v) is 6.57. The summed E-state index contributed by atoms with van der Waals surface area (Å²) in [5.74, 6) is 0.519. The predicted octanol–water partition coefficient (Wildman–Crippen LogP) is 2.67. The van der Waals surface area contributed by atoms with E-state index in [4.69, 9.17) is 0 Å². The Bertz CT molecular complexity index is 355. The van der Waals surface area contributed by atoms with Gasteiger partial charge in [-0.3, -0.25) is 4.79 Å². The zero-order chi connectivity index (χ0) is 12.2. The maximum Gasteiger partial charge on any atom is 0.230 e. The molecule has 5 heteroatoms. The number of aromatic nitrogens is 1. The minimum atomic E-state index is 0.0695. The number of hydrogen-bond donors (Lipinski definition) is 1. The largest absolute Gasteiger partial charge is 0.356 e. The van der Waals surface area contributed by atoms with Gasteiger partial charge in [0.2, 0.25) is 5.91 Å². The number of carbonyl (C=O) groups is 1. The van der Waals surface area contributed by atoms with Crippen molar-refractivity contribution >= 4 is 29.0 Å². The van der Waals surface area contributed by atoms with Gasteiger partial charge in [0.05, 0.1) is 11.4 Å². The SMILES string of the molecule is CCNC(=O)CSc1nc(C(C)(C)C)cs1. The van der Waals surface area contributed by atoms with E-state index in [1.54, 1.807) is 11.3 Å². The lowest BCUT2D eigenvalue weighted by atomic mass is 9.93. The van der Waals surface area contributed by atoms with Gasteiger partial charge in [0, 0.05) is 17.3 Å². The number of amides is 1. The van der Waals surface area contributed by atoms with Crippen molar-refractivity contribution in [2.45, 2.75) is 37.4 Å². The third kappa shape index (κ3) is 4.14. The molecule has 0 radical (unpaired) electrons. The van der Waals surface area contributed by atoms with Crippen LogP contribution in [0.3, 0.4) is 0 Å². The summed E-state index contributed by atoms with van der Waals surface area (Å²) < 4.78 is 0.969. The third-order valence-electron chi connectivity index (χ3n) is 1.95. The van der Waals surface area contributed by atoms with E-state index in [9.17, 15) is 4.79 Å². The number of carbonyl (C=O) groups excluding carboxylic acids is 1. The smallest absolute Gasteiger partial charge is 0.230 e. The summed E-state index contributed by atoms with van der Waals surface area (Å²) in [6.07, 6.45) is 0. The van der Waals surface area contributed by atoms with E-state index in [0.29, 0.717) is 12.3 Å². The predicted molar refractivity (Wildman–Crippen MR) is 70.2 cm³/mol. The lowest BCUT2D eigenvalue weighted by molar-refractivity contribution is -0.118. The number of thiazole rings is 1. The van der Waals surface area contributed by atoms with Crippen LogP contribution in [-0.4, -0.2) is 23.2 Å². The van der Waals surface area contributed by atoms with Gasteiger partial charge in [-0.2, -0.15) is 0 Å². The van der Waals surface area contributed by atoms with Crippen molar-refractivity contribution in [3.63, 3.8) is 0 Å². The van der Waals surface area contributed by atoms with Gasteiger partial charge in [-0.15, -0.1) is 11.3 Å². The molecule has 16 heavy (non-hydrogen) atoms. The lowest BCUT2D eigenvalue weighted by Crippen LogP contribution is -2.24. The second kappa shape index (κ2) is 5.68. The highest BCUT2D eigenvalue weighted by Gasteiger charge is 2.17. The molecule has 1 heterocycles. The van der Waals surface area contributed by atoms with Gasteiger partial charge < -0.3 is 5.32 Å². The first-order chi connectivity index (χ1) is 7.43. The number of rotatable bonds is 4. The molecule has 0 saturated heterocycles. The van der Waals surface area contributed by atoms with Crippen LogP contribution in [0.15, 0.2) is 9.72 Å². The molecule has 1 amide bonds. The van der Waals surface area contributed by atoms with Gasteiger partial charge in [-0.1, -0.05) is 32.5 Å². The highest BCUT2D eigenvalue weighted by Crippen LogP contribution is 2.28. The maximum atomic E-state index is 11.3. The first kappa shape index (κ1) is 13.5. The maximum absolute atomic E-state index is 11.3. The quantitative estimate of drug-likeness (QED) is 0.844. The van der Waals surface area contributed by atoms with Crippen molar-refractivity contribution in [1.82, 2.24) is 10.3 Å². The molecule has 1 aromatic rings. The minimum Gasteiger partial charge on any atom is -0.356 e. The van der Waals surface area contributed by atoms with Crippen LogP contribution in [0.1, 0.15) is 33.4 Å². The van der Waals surface area contributed by atoms with Crippen molar-refractivity contribution in [2.75, 3.05) is 12.3 Å². The van der Waals surface area contributed by atoms with Crippen LogP contribution in [0, 0.1) is 0 Å². The van der Waals surface area contributed by atoms with Gasteiger partial charge in [-0.25, -0.2) is 4.98 Å². The van der Waals surface area contributed by atoms with Crippen LogP contribution in [0.4, 0.5) is 0 Å². The zero-order valence-electron chi connectivity index (χ0n) is 10.2. The van der Waals surface area contributed by atoms with E-state index in [-0.39, 0.29) is 11.3 Å². The topological polar surface area (TPSA) is 42.0 Å². The van der Waals surface area contributed by atoms with Crippen molar-refractivity contribution < 1.29 is 4.79 Å². The molecule has 0 bridgehead atoms. The standard InChI is InChI=1S/C11H18N2OS2/c1-5-12-9(14)7-16-10-13-8(6-15-10)11(2,3)4/h6H,5,7H2,1-4H3,(H,12,14). The molecule has 0 aliphatic carbocycles. The molecule has 0 aromatic carbocycles. The lowest BCUT2D eigenvalue weighted by Gasteiger charge is -2.14. The second-order valence-electron chi connectivity index (χ2n) is 4.49. The number of hydrogen-bond acceptors (Lipinski definition) is 4. The molecule has 0 atom stereocenters. The Morgan fingerprint density at radius 3 is 2.75 bits per heavy atom. The number of nitrogens with one attached hydrogen (secondary N) is 1. The Morgan fingerprint density at radius 2 is 2.25 bits per heavy atom. The van der Waals surface area contributed by atoms with Crippen molar-refractivity contribution in [3.05, 3.63) is 11.1 Å². The van der Waals surface area contributed by atoms with Gasteiger partial charge >= 0.3 is 0 Å². The first-order valence-corrected chi connectivity index (χ1v) is 7.15.